The number of carbonyl (C=O) groups is 1. The lowest BCUT2D eigenvalue weighted by atomic mass is 10.0. The fraction of sp³-hybridized carbons (Fsp3) is 0.381. The summed E-state index contributed by atoms with van der Waals surface area (Å²) in [5.74, 6) is 0.585. The molecular weight excluding hydrogens is 392 g/mol. The van der Waals surface area contributed by atoms with E-state index in [9.17, 15) is 13.2 Å². The van der Waals surface area contributed by atoms with Crippen LogP contribution in [0.25, 0.3) is 0 Å². The average molecular weight is 421 g/mol. The van der Waals surface area contributed by atoms with Gasteiger partial charge in [0.25, 0.3) is 0 Å². The number of rotatable bonds is 10. The van der Waals surface area contributed by atoms with Crippen molar-refractivity contribution in [3.05, 3.63) is 53.6 Å². The van der Waals surface area contributed by atoms with Gasteiger partial charge in [-0.1, -0.05) is 36.8 Å². The highest BCUT2D eigenvalue weighted by Gasteiger charge is 2.27. The predicted octanol–water partition coefficient (Wildman–Crippen LogP) is 2.95. The lowest BCUT2D eigenvalue weighted by molar-refractivity contribution is -0.121. The first-order chi connectivity index (χ1) is 13.8. The molecule has 0 heterocycles. The Bertz CT molecular complexity index is 927. The van der Waals surface area contributed by atoms with Gasteiger partial charge in [0.05, 0.1) is 25.2 Å². The monoisotopic (exact) mass is 420 g/mol. The minimum Gasteiger partial charge on any atom is -0.493 e. The molecule has 2 rings (SSSR count). The molecule has 0 spiro atoms. The molecule has 1 unspecified atom stereocenters. The van der Waals surface area contributed by atoms with Crippen molar-refractivity contribution in [1.82, 2.24) is 10.0 Å². The summed E-state index contributed by atoms with van der Waals surface area (Å²) in [5.41, 5.74) is 1.48. The zero-order valence-electron chi connectivity index (χ0n) is 17.2. The molecule has 8 heteroatoms. The topological polar surface area (TPSA) is 93.7 Å². The van der Waals surface area contributed by atoms with Gasteiger partial charge in [-0.15, -0.1) is 0 Å². The van der Waals surface area contributed by atoms with Gasteiger partial charge < -0.3 is 14.8 Å². The highest BCUT2D eigenvalue weighted by molar-refractivity contribution is 7.89. The van der Waals surface area contributed by atoms with Crippen LogP contribution in [-0.4, -0.2) is 35.1 Å². The third-order valence-corrected chi connectivity index (χ3v) is 5.89. The molecule has 0 radical (unpaired) electrons. The zero-order chi connectivity index (χ0) is 21.4. The van der Waals surface area contributed by atoms with Crippen molar-refractivity contribution in [3.63, 3.8) is 0 Å². The number of methoxy groups -OCH3 is 2. The first kappa shape index (κ1) is 22.7. The van der Waals surface area contributed by atoms with E-state index in [-0.39, 0.29) is 17.2 Å². The number of carbonyl (C=O) groups excluding carboxylic acids is 1. The number of benzene rings is 2. The highest BCUT2D eigenvalue weighted by Crippen LogP contribution is 2.36. The molecule has 0 saturated heterocycles. The molecule has 7 nitrogen and oxygen atoms in total. The Morgan fingerprint density at radius 3 is 2.34 bits per heavy atom. The van der Waals surface area contributed by atoms with Gasteiger partial charge in [-0.3, -0.25) is 4.79 Å². The second-order valence-electron chi connectivity index (χ2n) is 6.62. The van der Waals surface area contributed by atoms with Crippen LogP contribution in [-0.2, 0) is 14.8 Å². The Hall–Kier alpha value is -2.58. The van der Waals surface area contributed by atoms with Crippen LogP contribution in [0, 0.1) is 6.92 Å². The maximum absolute atomic E-state index is 13.0. The van der Waals surface area contributed by atoms with Gasteiger partial charge in [0.2, 0.25) is 15.9 Å². The minimum atomic E-state index is -3.86. The number of ether oxygens (including phenoxy) is 2. The largest absolute Gasteiger partial charge is 0.493 e. The van der Waals surface area contributed by atoms with Crippen molar-refractivity contribution in [2.45, 2.75) is 37.6 Å². The minimum absolute atomic E-state index is 0.0748. The van der Waals surface area contributed by atoms with Crippen LogP contribution in [0.1, 0.15) is 36.9 Å². The van der Waals surface area contributed by atoms with Gasteiger partial charge >= 0.3 is 0 Å². The number of sulfonamides is 1. The Morgan fingerprint density at radius 1 is 1.07 bits per heavy atom. The van der Waals surface area contributed by atoms with Crippen molar-refractivity contribution in [1.29, 1.82) is 0 Å². The van der Waals surface area contributed by atoms with E-state index in [4.69, 9.17) is 9.47 Å². The number of hydrogen-bond donors (Lipinski definition) is 2. The van der Waals surface area contributed by atoms with E-state index in [2.05, 4.69) is 10.0 Å². The van der Waals surface area contributed by atoms with Crippen LogP contribution in [0.4, 0.5) is 0 Å². The van der Waals surface area contributed by atoms with Gasteiger partial charge in [-0.2, -0.15) is 0 Å². The van der Waals surface area contributed by atoms with Crippen molar-refractivity contribution in [3.8, 4) is 11.5 Å². The summed E-state index contributed by atoms with van der Waals surface area (Å²) in [4.78, 5) is 12.5. The third kappa shape index (κ3) is 5.95. The van der Waals surface area contributed by atoms with Gasteiger partial charge in [0.1, 0.15) is 0 Å². The summed E-state index contributed by atoms with van der Waals surface area (Å²) in [6.45, 7) is 4.35. The third-order valence-electron chi connectivity index (χ3n) is 4.40. The number of amides is 1. The molecule has 158 valence electrons. The highest BCUT2D eigenvalue weighted by atomic mass is 32.2. The van der Waals surface area contributed by atoms with E-state index < -0.39 is 16.1 Å². The molecule has 2 aromatic carbocycles. The molecule has 0 aliphatic rings. The molecule has 0 bridgehead atoms. The average Bonchev–Trinajstić information content (AvgIpc) is 2.71. The van der Waals surface area contributed by atoms with Gasteiger partial charge in [0.15, 0.2) is 11.5 Å². The maximum atomic E-state index is 13.0. The Morgan fingerprint density at radius 2 is 1.76 bits per heavy atom. The van der Waals surface area contributed by atoms with E-state index in [1.807, 2.05) is 13.8 Å². The molecule has 0 aliphatic heterocycles. The summed E-state index contributed by atoms with van der Waals surface area (Å²) in [6, 6.07) is 10.9. The predicted molar refractivity (Wildman–Crippen MR) is 112 cm³/mol. The summed E-state index contributed by atoms with van der Waals surface area (Å²) >= 11 is 0. The summed E-state index contributed by atoms with van der Waals surface area (Å²) in [5, 5.41) is 2.79. The van der Waals surface area contributed by atoms with E-state index in [0.29, 0.717) is 23.6 Å². The molecule has 2 N–H and O–H groups in total. The summed E-state index contributed by atoms with van der Waals surface area (Å²) in [7, 11) is -0.884. The van der Waals surface area contributed by atoms with Crippen molar-refractivity contribution in [2.75, 3.05) is 20.8 Å². The van der Waals surface area contributed by atoms with Crippen LogP contribution in [0.2, 0.25) is 0 Å². The fourth-order valence-electron chi connectivity index (χ4n) is 2.90. The normalized spacial score (nSPS) is 12.3. The van der Waals surface area contributed by atoms with Crippen molar-refractivity contribution in [2.24, 2.45) is 0 Å². The van der Waals surface area contributed by atoms with Gasteiger partial charge in [0, 0.05) is 18.5 Å². The van der Waals surface area contributed by atoms with E-state index >= 15 is 0 Å². The SMILES string of the molecule is CCCNC(=O)CC(NS(=O)(=O)c1ccc(C)cc1)c1cccc(OC)c1OC. The Balaban J connectivity index is 2.43. The van der Waals surface area contributed by atoms with Gasteiger partial charge in [-0.05, 0) is 31.5 Å². The second kappa shape index (κ2) is 10.3. The van der Waals surface area contributed by atoms with Crippen LogP contribution in [0.5, 0.6) is 11.5 Å². The quantitative estimate of drug-likeness (QED) is 0.616. The van der Waals surface area contributed by atoms with Crippen molar-refractivity contribution < 1.29 is 22.7 Å². The lowest BCUT2D eigenvalue weighted by Gasteiger charge is -2.22. The first-order valence-corrected chi connectivity index (χ1v) is 10.9. The molecule has 0 aromatic heterocycles. The summed E-state index contributed by atoms with van der Waals surface area (Å²) < 4.78 is 39.4. The smallest absolute Gasteiger partial charge is 0.241 e. The number of nitrogens with one attached hydrogen (secondary N) is 2. The number of hydrogen-bond acceptors (Lipinski definition) is 5. The van der Waals surface area contributed by atoms with E-state index in [0.717, 1.165) is 12.0 Å². The molecule has 1 amide bonds. The van der Waals surface area contributed by atoms with Crippen LogP contribution >= 0.6 is 0 Å². The fourth-order valence-corrected chi connectivity index (χ4v) is 4.11. The van der Waals surface area contributed by atoms with Crippen LogP contribution in [0.3, 0.4) is 0 Å². The molecule has 2 aromatic rings. The molecule has 0 fully saturated rings. The maximum Gasteiger partial charge on any atom is 0.241 e. The Labute approximate surface area is 172 Å². The zero-order valence-corrected chi connectivity index (χ0v) is 18.0. The molecule has 29 heavy (non-hydrogen) atoms. The van der Waals surface area contributed by atoms with Crippen molar-refractivity contribution >= 4 is 15.9 Å². The van der Waals surface area contributed by atoms with Crippen LogP contribution < -0.4 is 19.5 Å². The van der Waals surface area contributed by atoms with Gasteiger partial charge in [-0.25, -0.2) is 13.1 Å². The first-order valence-electron chi connectivity index (χ1n) is 9.39. The number of para-hydroxylation sites is 1. The summed E-state index contributed by atoms with van der Waals surface area (Å²) in [6.07, 6.45) is 0.711. The molecular formula is C21H28N2O5S. The standard InChI is InChI=1S/C21H28N2O5S/c1-5-13-22-20(24)14-18(17-7-6-8-19(27-3)21(17)28-4)23-29(25,26)16-11-9-15(2)10-12-16/h6-12,18,23H,5,13-14H2,1-4H3,(H,22,24). The van der Waals surface area contributed by atoms with E-state index in [1.165, 1.54) is 26.4 Å². The Kier molecular flexibility index (Phi) is 8.04. The molecule has 0 aliphatic carbocycles. The molecule has 0 saturated carbocycles. The van der Waals surface area contributed by atoms with E-state index in [1.54, 1.807) is 30.3 Å². The number of aryl methyl sites for hydroxylation is 1. The lowest BCUT2D eigenvalue weighted by Crippen LogP contribution is -2.34. The van der Waals surface area contributed by atoms with Crippen LogP contribution in [0.15, 0.2) is 47.4 Å². The molecule has 1 atom stereocenters. The second-order valence-corrected chi connectivity index (χ2v) is 8.34.